The molecule has 0 amide bonds. The molecule has 0 rings (SSSR count). The summed E-state index contributed by atoms with van der Waals surface area (Å²) in [6.45, 7) is 3.56. The van der Waals surface area contributed by atoms with Crippen molar-refractivity contribution < 1.29 is 9.90 Å². The summed E-state index contributed by atoms with van der Waals surface area (Å²) in [5.41, 5.74) is 10.2. The predicted molar refractivity (Wildman–Crippen MR) is 47.4 cm³/mol. The van der Waals surface area contributed by atoms with Gasteiger partial charge in [-0.3, -0.25) is 4.79 Å². The van der Waals surface area contributed by atoms with Crippen LogP contribution >= 0.6 is 0 Å². The lowest BCUT2D eigenvalue weighted by atomic mass is 9.91. The molecule has 0 aliphatic heterocycles. The van der Waals surface area contributed by atoms with Crippen molar-refractivity contribution in [1.82, 2.24) is 0 Å². The van der Waals surface area contributed by atoms with E-state index >= 15 is 0 Å². The monoisotopic (exact) mass is 174 g/mol. The van der Waals surface area contributed by atoms with Gasteiger partial charge in [0, 0.05) is 0 Å². The molecule has 0 bridgehead atoms. The predicted octanol–water partition coefficient (Wildman–Crippen LogP) is 0.511. The Morgan fingerprint density at radius 2 is 2.08 bits per heavy atom. The van der Waals surface area contributed by atoms with Crippen LogP contribution in [0.4, 0.5) is 0 Å². The van der Waals surface area contributed by atoms with E-state index in [0.29, 0.717) is 6.42 Å². The highest BCUT2D eigenvalue weighted by molar-refractivity contribution is 5.71. The molecule has 0 saturated carbocycles. The summed E-state index contributed by atoms with van der Waals surface area (Å²) in [4.78, 5) is 10.5. The van der Waals surface area contributed by atoms with Gasteiger partial charge in [0.1, 0.15) is 0 Å². The van der Waals surface area contributed by atoms with E-state index in [1.54, 1.807) is 0 Å². The fourth-order valence-corrected chi connectivity index (χ4v) is 0.929. The Bertz CT molecular complexity index is 157. The van der Waals surface area contributed by atoms with Crippen LogP contribution in [0.3, 0.4) is 0 Å². The lowest BCUT2D eigenvalue weighted by Gasteiger charge is -2.28. The molecule has 0 aromatic heterocycles. The highest BCUT2D eigenvalue weighted by Crippen LogP contribution is 2.15. The summed E-state index contributed by atoms with van der Waals surface area (Å²) in [5.74, 6) is -1.62. The quantitative estimate of drug-likeness (QED) is 0.530. The molecule has 4 heteroatoms. The Morgan fingerprint density at radius 3 is 2.42 bits per heavy atom. The lowest BCUT2D eigenvalue weighted by Crippen LogP contribution is -2.57. The zero-order chi connectivity index (χ0) is 9.78. The number of carbonyl (C=O) groups is 1. The molecule has 0 heterocycles. The highest BCUT2D eigenvalue weighted by Gasteiger charge is 2.31. The number of carboxylic acids is 1. The summed E-state index contributed by atoms with van der Waals surface area (Å²) in [7, 11) is 0. The van der Waals surface area contributed by atoms with Crippen molar-refractivity contribution in [2.75, 3.05) is 0 Å². The van der Waals surface area contributed by atoms with Crippen molar-refractivity contribution in [3.63, 3.8) is 0 Å². The molecule has 0 fully saturated rings. The van der Waals surface area contributed by atoms with Gasteiger partial charge in [0.15, 0.2) is 0 Å². The zero-order valence-corrected chi connectivity index (χ0v) is 7.71. The first-order chi connectivity index (χ1) is 5.41. The standard InChI is InChI=1S/C8H18N2O2/c1-3-4-5-8(9,10)6(2)7(11)12/h6H,3-5,9-10H2,1-2H3,(H,11,12). The van der Waals surface area contributed by atoms with Crippen molar-refractivity contribution >= 4 is 5.97 Å². The maximum atomic E-state index is 10.5. The topological polar surface area (TPSA) is 89.3 Å². The van der Waals surface area contributed by atoms with Gasteiger partial charge in [0.2, 0.25) is 0 Å². The number of hydrogen-bond acceptors (Lipinski definition) is 3. The lowest BCUT2D eigenvalue weighted by molar-refractivity contribution is -0.143. The van der Waals surface area contributed by atoms with Crippen LogP contribution in [-0.4, -0.2) is 16.7 Å². The van der Waals surface area contributed by atoms with Gasteiger partial charge in [-0.05, 0) is 13.3 Å². The number of rotatable bonds is 5. The summed E-state index contributed by atoms with van der Waals surface area (Å²) in [5, 5.41) is 8.66. The summed E-state index contributed by atoms with van der Waals surface area (Å²) < 4.78 is 0. The maximum absolute atomic E-state index is 10.5. The van der Waals surface area contributed by atoms with Crippen molar-refractivity contribution in [3.05, 3.63) is 0 Å². The molecular formula is C8H18N2O2. The van der Waals surface area contributed by atoms with Crippen LogP contribution in [0.15, 0.2) is 0 Å². The molecule has 72 valence electrons. The van der Waals surface area contributed by atoms with Crippen molar-refractivity contribution in [3.8, 4) is 0 Å². The van der Waals surface area contributed by atoms with E-state index in [1.165, 1.54) is 6.92 Å². The van der Waals surface area contributed by atoms with Crippen LogP contribution in [0.1, 0.15) is 33.1 Å². The van der Waals surface area contributed by atoms with Crippen molar-refractivity contribution in [2.24, 2.45) is 17.4 Å². The SMILES string of the molecule is CCCCC(N)(N)C(C)C(=O)O. The number of carboxylic acid groups (broad SMARTS) is 1. The largest absolute Gasteiger partial charge is 0.481 e. The molecule has 0 aromatic carbocycles. The van der Waals surface area contributed by atoms with Crippen molar-refractivity contribution in [1.29, 1.82) is 0 Å². The molecule has 1 atom stereocenters. The molecule has 5 N–H and O–H groups in total. The average Bonchev–Trinajstić information content (AvgIpc) is 1.99. The highest BCUT2D eigenvalue weighted by atomic mass is 16.4. The van der Waals surface area contributed by atoms with Crippen LogP contribution in [0.25, 0.3) is 0 Å². The summed E-state index contributed by atoms with van der Waals surface area (Å²) >= 11 is 0. The molecule has 4 nitrogen and oxygen atoms in total. The van der Waals surface area contributed by atoms with Gasteiger partial charge in [-0.15, -0.1) is 0 Å². The first-order valence-corrected chi connectivity index (χ1v) is 4.22. The van der Waals surface area contributed by atoms with Crippen LogP contribution in [0.5, 0.6) is 0 Å². The van der Waals surface area contributed by atoms with E-state index in [4.69, 9.17) is 16.6 Å². The van der Waals surface area contributed by atoms with Gasteiger partial charge in [0.05, 0.1) is 11.6 Å². The average molecular weight is 174 g/mol. The fraction of sp³-hybridized carbons (Fsp3) is 0.875. The molecule has 1 unspecified atom stereocenters. The van der Waals surface area contributed by atoms with Gasteiger partial charge in [-0.25, -0.2) is 0 Å². The second kappa shape index (κ2) is 4.42. The van der Waals surface area contributed by atoms with Crippen LogP contribution in [0.2, 0.25) is 0 Å². The summed E-state index contributed by atoms with van der Waals surface area (Å²) in [6, 6.07) is 0. The Labute approximate surface area is 72.9 Å². The third-order valence-corrected chi connectivity index (χ3v) is 2.14. The van der Waals surface area contributed by atoms with Crippen LogP contribution < -0.4 is 11.5 Å². The maximum Gasteiger partial charge on any atom is 0.309 e. The molecule has 0 aliphatic rings. The zero-order valence-electron chi connectivity index (χ0n) is 7.71. The minimum Gasteiger partial charge on any atom is -0.481 e. The number of unbranched alkanes of at least 4 members (excludes halogenated alkanes) is 1. The molecule has 0 aliphatic carbocycles. The smallest absolute Gasteiger partial charge is 0.309 e. The molecule has 0 radical (unpaired) electrons. The Hall–Kier alpha value is -0.610. The number of nitrogens with two attached hydrogens (primary N) is 2. The Morgan fingerprint density at radius 1 is 1.58 bits per heavy atom. The normalized spacial score (nSPS) is 14.3. The van der Waals surface area contributed by atoms with E-state index in [2.05, 4.69) is 0 Å². The molecular weight excluding hydrogens is 156 g/mol. The van der Waals surface area contributed by atoms with E-state index < -0.39 is 17.6 Å². The van der Waals surface area contributed by atoms with Crippen molar-refractivity contribution in [2.45, 2.75) is 38.8 Å². The Balaban J connectivity index is 4.08. The molecule has 0 aromatic rings. The minimum absolute atomic E-state index is 0.553. The number of aliphatic carboxylic acids is 1. The molecule has 12 heavy (non-hydrogen) atoms. The minimum atomic E-state index is -1.07. The fourth-order valence-electron chi connectivity index (χ4n) is 0.929. The van der Waals surface area contributed by atoms with Gasteiger partial charge >= 0.3 is 5.97 Å². The van der Waals surface area contributed by atoms with Gasteiger partial charge in [-0.1, -0.05) is 19.8 Å². The van der Waals surface area contributed by atoms with E-state index in [1.807, 2.05) is 6.92 Å². The first kappa shape index (κ1) is 11.4. The third-order valence-electron chi connectivity index (χ3n) is 2.14. The first-order valence-electron chi connectivity index (χ1n) is 4.22. The number of hydrogen-bond donors (Lipinski definition) is 3. The Kier molecular flexibility index (Phi) is 4.20. The third kappa shape index (κ3) is 3.19. The summed E-state index contributed by atoms with van der Waals surface area (Å²) in [6.07, 6.45) is 2.39. The second-order valence-corrected chi connectivity index (χ2v) is 3.28. The van der Waals surface area contributed by atoms with Crippen LogP contribution in [0, 0.1) is 5.92 Å². The van der Waals surface area contributed by atoms with Gasteiger partial charge < -0.3 is 16.6 Å². The van der Waals surface area contributed by atoms with E-state index in [-0.39, 0.29) is 0 Å². The van der Waals surface area contributed by atoms with Crippen LogP contribution in [-0.2, 0) is 4.79 Å². The van der Waals surface area contributed by atoms with E-state index in [0.717, 1.165) is 12.8 Å². The van der Waals surface area contributed by atoms with E-state index in [9.17, 15) is 4.79 Å². The second-order valence-electron chi connectivity index (χ2n) is 3.28. The molecule has 0 spiro atoms. The molecule has 0 saturated heterocycles. The van der Waals surface area contributed by atoms with Gasteiger partial charge in [0.25, 0.3) is 0 Å². The van der Waals surface area contributed by atoms with Gasteiger partial charge in [-0.2, -0.15) is 0 Å².